The molecular formula is C13H16N2O4. The van der Waals surface area contributed by atoms with Crippen LogP contribution in [0.3, 0.4) is 0 Å². The van der Waals surface area contributed by atoms with Crippen molar-refractivity contribution in [1.29, 1.82) is 0 Å². The summed E-state index contributed by atoms with van der Waals surface area (Å²) in [5, 5.41) is 0. The second-order valence-electron chi connectivity index (χ2n) is 4.68. The minimum absolute atomic E-state index is 0.238. The highest BCUT2D eigenvalue weighted by Gasteiger charge is 2.35. The van der Waals surface area contributed by atoms with Crippen LogP contribution in [0.5, 0.6) is 0 Å². The van der Waals surface area contributed by atoms with E-state index in [4.69, 9.17) is 14.9 Å². The van der Waals surface area contributed by atoms with Gasteiger partial charge in [-0.3, -0.25) is 4.57 Å². The summed E-state index contributed by atoms with van der Waals surface area (Å²) in [7, 11) is 0. The molecule has 102 valence electrons. The number of anilines is 1. The van der Waals surface area contributed by atoms with E-state index in [9.17, 15) is 9.59 Å². The van der Waals surface area contributed by atoms with Crippen molar-refractivity contribution in [2.75, 3.05) is 12.3 Å². The van der Waals surface area contributed by atoms with E-state index < -0.39 is 17.3 Å². The van der Waals surface area contributed by atoms with Crippen LogP contribution in [0.1, 0.15) is 20.8 Å². The van der Waals surface area contributed by atoms with Crippen molar-refractivity contribution in [1.82, 2.24) is 4.57 Å². The Morgan fingerprint density at radius 2 is 2.16 bits per heavy atom. The average Bonchev–Trinajstić information content (AvgIpc) is 2.67. The standard InChI is InChI=1S/C13H16N2O4/c1-4-18-11(16)13(2,3)15-10-8(14)6-5-7-9(10)19-12(15)17/h5-7H,4,14H2,1-3H3. The van der Waals surface area contributed by atoms with Gasteiger partial charge in [-0.15, -0.1) is 0 Å². The van der Waals surface area contributed by atoms with E-state index in [1.54, 1.807) is 39.0 Å². The van der Waals surface area contributed by atoms with Gasteiger partial charge in [-0.2, -0.15) is 0 Å². The number of para-hydroxylation sites is 1. The van der Waals surface area contributed by atoms with Crippen LogP contribution in [-0.4, -0.2) is 17.1 Å². The summed E-state index contributed by atoms with van der Waals surface area (Å²) in [6.07, 6.45) is 0. The van der Waals surface area contributed by atoms with Gasteiger partial charge in [-0.05, 0) is 32.9 Å². The van der Waals surface area contributed by atoms with Gasteiger partial charge in [0.05, 0.1) is 12.3 Å². The molecule has 2 N–H and O–H groups in total. The maximum atomic E-state index is 12.0. The van der Waals surface area contributed by atoms with Crippen LogP contribution in [-0.2, 0) is 15.1 Å². The number of carbonyl (C=O) groups is 1. The molecule has 1 heterocycles. The number of carbonyl (C=O) groups excluding carboxylic acids is 1. The van der Waals surface area contributed by atoms with Crippen LogP contribution < -0.4 is 11.5 Å². The Hall–Kier alpha value is -2.24. The SMILES string of the molecule is CCOC(=O)C(C)(C)n1c(=O)oc2cccc(N)c21. The molecule has 0 aliphatic rings. The fraction of sp³-hybridized carbons (Fsp3) is 0.385. The van der Waals surface area contributed by atoms with Gasteiger partial charge in [0.15, 0.2) is 5.58 Å². The van der Waals surface area contributed by atoms with Gasteiger partial charge in [0.2, 0.25) is 0 Å². The molecule has 0 aliphatic carbocycles. The molecule has 6 nitrogen and oxygen atoms in total. The quantitative estimate of drug-likeness (QED) is 0.670. The highest BCUT2D eigenvalue weighted by molar-refractivity contribution is 5.88. The molecule has 0 amide bonds. The molecule has 0 unspecified atom stereocenters. The van der Waals surface area contributed by atoms with Gasteiger partial charge in [0.25, 0.3) is 0 Å². The first kappa shape index (κ1) is 13.2. The van der Waals surface area contributed by atoms with Crippen LogP contribution in [0, 0.1) is 0 Å². The lowest BCUT2D eigenvalue weighted by Crippen LogP contribution is -2.42. The van der Waals surface area contributed by atoms with Crippen molar-refractivity contribution in [2.24, 2.45) is 0 Å². The molecule has 0 spiro atoms. The minimum Gasteiger partial charge on any atom is -0.464 e. The van der Waals surface area contributed by atoms with Gasteiger partial charge in [0, 0.05) is 0 Å². The van der Waals surface area contributed by atoms with Gasteiger partial charge in [-0.1, -0.05) is 6.07 Å². The van der Waals surface area contributed by atoms with Crippen molar-refractivity contribution in [3.8, 4) is 0 Å². The number of hydrogen-bond donors (Lipinski definition) is 1. The monoisotopic (exact) mass is 264 g/mol. The summed E-state index contributed by atoms with van der Waals surface area (Å²) < 4.78 is 11.3. The van der Waals surface area contributed by atoms with Crippen LogP contribution in [0.25, 0.3) is 11.1 Å². The minimum atomic E-state index is -1.19. The summed E-state index contributed by atoms with van der Waals surface area (Å²) in [5.74, 6) is -1.14. The van der Waals surface area contributed by atoms with E-state index >= 15 is 0 Å². The first-order valence-corrected chi connectivity index (χ1v) is 5.97. The molecule has 0 aliphatic heterocycles. The summed E-state index contributed by atoms with van der Waals surface area (Å²) in [6, 6.07) is 4.96. The second-order valence-corrected chi connectivity index (χ2v) is 4.68. The van der Waals surface area contributed by atoms with E-state index in [0.717, 1.165) is 0 Å². The molecule has 0 saturated carbocycles. The molecule has 2 aromatic rings. The summed E-state index contributed by atoms with van der Waals surface area (Å²) in [5.41, 5.74) is 5.82. The fourth-order valence-corrected chi connectivity index (χ4v) is 2.00. The van der Waals surface area contributed by atoms with Crippen molar-refractivity contribution in [2.45, 2.75) is 26.3 Å². The number of ether oxygens (including phenoxy) is 1. The molecule has 0 atom stereocenters. The summed E-state index contributed by atoms with van der Waals surface area (Å²) in [6.45, 7) is 5.13. The average molecular weight is 264 g/mol. The largest absolute Gasteiger partial charge is 0.464 e. The third kappa shape index (κ3) is 1.99. The van der Waals surface area contributed by atoms with Crippen molar-refractivity contribution in [3.05, 3.63) is 28.7 Å². The molecule has 0 fully saturated rings. The maximum absolute atomic E-state index is 12.0. The third-order valence-electron chi connectivity index (χ3n) is 2.97. The van der Waals surface area contributed by atoms with E-state index in [1.807, 2.05) is 0 Å². The summed E-state index contributed by atoms with van der Waals surface area (Å²) in [4.78, 5) is 24.0. The Morgan fingerprint density at radius 1 is 1.47 bits per heavy atom. The lowest BCUT2D eigenvalue weighted by Gasteiger charge is -2.23. The zero-order chi connectivity index (χ0) is 14.2. The predicted molar refractivity (Wildman–Crippen MR) is 70.8 cm³/mol. The topological polar surface area (TPSA) is 87.5 Å². The normalized spacial score (nSPS) is 11.7. The zero-order valence-corrected chi connectivity index (χ0v) is 11.1. The molecule has 2 rings (SSSR count). The highest BCUT2D eigenvalue weighted by atomic mass is 16.5. The Bertz CT molecular complexity index is 681. The van der Waals surface area contributed by atoms with E-state index in [2.05, 4.69) is 0 Å². The molecule has 0 bridgehead atoms. The van der Waals surface area contributed by atoms with Crippen molar-refractivity contribution >= 4 is 22.8 Å². The molecule has 1 aromatic heterocycles. The number of nitrogens with zero attached hydrogens (tertiary/aromatic N) is 1. The molecular weight excluding hydrogens is 248 g/mol. The zero-order valence-electron chi connectivity index (χ0n) is 11.1. The Kier molecular flexibility index (Phi) is 3.09. The van der Waals surface area contributed by atoms with Crippen LogP contribution in [0.4, 0.5) is 5.69 Å². The number of oxazole rings is 1. The number of nitrogens with two attached hydrogens (primary N) is 1. The number of aromatic nitrogens is 1. The first-order chi connectivity index (χ1) is 8.89. The van der Waals surface area contributed by atoms with Crippen LogP contribution in [0.15, 0.2) is 27.4 Å². The number of nitrogen functional groups attached to an aromatic ring is 1. The third-order valence-corrected chi connectivity index (χ3v) is 2.97. The number of hydrogen-bond acceptors (Lipinski definition) is 5. The Balaban J connectivity index is 2.72. The van der Waals surface area contributed by atoms with E-state index in [-0.39, 0.29) is 6.61 Å². The first-order valence-electron chi connectivity index (χ1n) is 5.97. The number of esters is 1. The van der Waals surface area contributed by atoms with Crippen molar-refractivity contribution in [3.63, 3.8) is 0 Å². The number of rotatable bonds is 3. The maximum Gasteiger partial charge on any atom is 0.421 e. The molecule has 6 heteroatoms. The molecule has 19 heavy (non-hydrogen) atoms. The molecule has 1 aromatic carbocycles. The van der Waals surface area contributed by atoms with Gasteiger partial charge in [0.1, 0.15) is 11.1 Å². The Morgan fingerprint density at radius 3 is 2.79 bits per heavy atom. The van der Waals surface area contributed by atoms with Crippen LogP contribution in [0.2, 0.25) is 0 Å². The number of fused-ring (bicyclic) bond motifs is 1. The number of benzene rings is 1. The molecule has 0 radical (unpaired) electrons. The van der Waals surface area contributed by atoms with Gasteiger partial charge in [-0.25, -0.2) is 9.59 Å². The van der Waals surface area contributed by atoms with Crippen LogP contribution >= 0.6 is 0 Å². The summed E-state index contributed by atoms with van der Waals surface area (Å²) >= 11 is 0. The lowest BCUT2D eigenvalue weighted by molar-refractivity contribution is -0.152. The van der Waals surface area contributed by atoms with Crippen molar-refractivity contribution < 1.29 is 13.9 Å². The van der Waals surface area contributed by atoms with E-state index in [1.165, 1.54) is 4.57 Å². The molecule has 0 saturated heterocycles. The van der Waals surface area contributed by atoms with E-state index in [0.29, 0.717) is 16.8 Å². The predicted octanol–water partition coefficient (Wildman–Crippen LogP) is 1.47. The smallest absolute Gasteiger partial charge is 0.421 e. The Labute approximate surface area is 109 Å². The lowest BCUT2D eigenvalue weighted by atomic mass is 10.1. The highest BCUT2D eigenvalue weighted by Crippen LogP contribution is 2.26. The van der Waals surface area contributed by atoms with Gasteiger partial charge < -0.3 is 14.9 Å². The second kappa shape index (κ2) is 4.46. The van der Waals surface area contributed by atoms with Gasteiger partial charge >= 0.3 is 11.7 Å². The fourth-order valence-electron chi connectivity index (χ4n) is 2.00.